The minimum Gasteiger partial charge on any atom is -0.467 e. The number of rotatable bonds is 9. The minimum absolute atomic E-state index is 0.0701. The Kier molecular flexibility index (Phi) is 9.13. The fraction of sp³-hybridized carbons (Fsp3) is 0.857. The Morgan fingerprint density at radius 2 is 1.36 bits per heavy atom. The van der Waals surface area contributed by atoms with E-state index in [0.29, 0.717) is 4.90 Å². The van der Waals surface area contributed by atoms with Gasteiger partial charge in [0.2, 0.25) is 0 Å². The molecule has 1 fully saturated rings. The Balaban J connectivity index is 3.42. The Hall–Kier alpha value is -1.71. The van der Waals surface area contributed by atoms with E-state index >= 15 is 4.39 Å². The highest BCUT2D eigenvalue weighted by Gasteiger charge is 2.81. The molecule has 1 aliphatic rings. The van der Waals surface area contributed by atoms with Crippen molar-refractivity contribution in [1.29, 1.82) is 0 Å². The third-order valence-electron chi connectivity index (χ3n) is 4.64. The van der Waals surface area contributed by atoms with E-state index in [9.17, 15) is 18.9 Å². The molecule has 1 rings (SSSR count). The maximum atomic E-state index is 16.1. The summed E-state index contributed by atoms with van der Waals surface area (Å²) >= 11 is 0. The zero-order valence-corrected chi connectivity index (χ0v) is 21.9. The molecule has 192 valence electrons. The maximum Gasteiger partial charge on any atom is 0.420 e. The van der Waals surface area contributed by atoms with E-state index < -0.39 is 61.0 Å². The third-order valence-corrected chi connectivity index (χ3v) is 6.72. The smallest absolute Gasteiger partial charge is 0.420 e. The fourth-order valence-corrected chi connectivity index (χ4v) is 5.07. The van der Waals surface area contributed by atoms with Crippen molar-refractivity contribution in [3.63, 3.8) is 0 Å². The molecule has 2 atom stereocenters. The quantitative estimate of drug-likeness (QED) is 0.250. The van der Waals surface area contributed by atoms with Gasteiger partial charge >= 0.3 is 25.8 Å². The number of hydrogen-bond donors (Lipinski definition) is 0. The Morgan fingerprint density at radius 3 is 1.70 bits per heavy atom. The standard InChI is InChI=1S/C21H37FNO9P/c1-10-29-33(27,30-11-2)13-12-20(22)14-21(20,15(24)28-9)23(16(25)31-18(3,4)5)17(26)32-19(6,7)8/h10-14H2,1-9H3/t20-,21?/m0/s1. The number of esters is 1. The van der Waals surface area contributed by atoms with Crippen LogP contribution in [0.15, 0.2) is 0 Å². The van der Waals surface area contributed by atoms with Gasteiger partial charge in [-0.25, -0.2) is 18.8 Å². The molecule has 1 saturated carbocycles. The van der Waals surface area contributed by atoms with E-state index in [4.69, 9.17) is 23.3 Å². The summed E-state index contributed by atoms with van der Waals surface area (Å²) in [6.45, 7) is 12.7. The molecule has 33 heavy (non-hydrogen) atoms. The Labute approximate surface area is 194 Å². The van der Waals surface area contributed by atoms with E-state index in [1.807, 2.05) is 0 Å². The molecule has 0 aliphatic heterocycles. The molecule has 0 bridgehead atoms. The molecule has 0 aromatic rings. The summed E-state index contributed by atoms with van der Waals surface area (Å²) in [6, 6.07) is 0. The van der Waals surface area contributed by atoms with Crippen molar-refractivity contribution in [2.24, 2.45) is 0 Å². The number of halogens is 1. The lowest BCUT2D eigenvalue weighted by Gasteiger charge is -2.33. The first-order valence-electron chi connectivity index (χ1n) is 10.8. The van der Waals surface area contributed by atoms with E-state index in [1.54, 1.807) is 55.4 Å². The number of nitrogens with zero attached hydrogens (tertiary/aromatic N) is 1. The van der Waals surface area contributed by atoms with Gasteiger partial charge in [-0.2, -0.15) is 4.90 Å². The summed E-state index contributed by atoms with van der Waals surface area (Å²) in [4.78, 5) is 39.2. The van der Waals surface area contributed by atoms with Crippen molar-refractivity contribution in [2.75, 3.05) is 26.5 Å². The van der Waals surface area contributed by atoms with Crippen molar-refractivity contribution in [3.05, 3.63) is 0 Å². The molecule has 0 N–H and O–H groups in total. The van der Waals surface area contributed by atoms with Crippen molar-refractivity contribution in [2.45, 2.75) is 90.6 Å². The maximum absolute atomic E-state index is 16.1. The number of carbonyl (C=O) groups is 3. The zero-order chi connectivity index (χ0) is 25.9. The van der Waals surface area contributed by atoms with Gasteiger partial charge in [0.25, 0.3) is 0 Å². The monoisotopic (exact) mass is 497 g/mol. The average molecular weight is 497 g/mol. The van der Waals surface area contributed by atoms with Gasteiger partial charge in [0, 0.05) is 6.42 Å². The van der Waals surface area contributed by atoms with Gasteiger partial charge in [-0.15, -0.1) is 0 Å². The number of imide groups is 1. The van der Waals surface area contributed by atoms with Crippen LogP contribution in [0.1, 0.15) is 68.2 Å². The lowest BCUT2D eigenvalue weighted by Crippen LogP contribution is -2.57. The summed E-state index contributed by atoms with van der Waals surface area (Å²) in [6.07, 6.45) is -3.98. The lowest BCUT2D eigenvalue weighted by molar-refractivity contribution is -0.150. The highest BCUT2D eigenvalue weighted by molar-refractivity contribution is 7.53. The second-order valence-corrected chi connectivity index (χ2v) is 11.9. The number of methoxy groups -OCH3 is 1. The molecule has 2 amide bonds. The van der Waals surface area contributed by atoms with Crippen molar-refractivity contribution in [1.82, 2.24) is 4.90 Å². The second kappa shape index (κ2) is 10.3. The fourth-order valence-electron chi connectivity index (χ4n) is 3.33. The summed E-state index contributed by atoms with van der Waals surface area (Å²) in [7, 11) is -2.65. The summed E-state index contributed by atoms with van der Waals surface area (Å²) in [5, 5.41) is 0. The molecule has 0 saturated heterocycles. The van der Waals surface area contributed by atoms with Gasteiger partial charge in [-0.3, -0.25) is 4.57 Å². The Morgan fingerprint density at radius 1 is 0.939 bits per heavy atom. The molecule has 1 aliphatic carbocycles. The highest BCUT2D eigenvalue weighted by Crippen LogP contribution is 2.62. The first-order valence-corrected chi connectivity index (χ1v) is 12.5. The van der Waals surface area contributed by atoms with Gasteiger partial charge in [-0.05, 0) is 61.8 Å². The van der Waals surface area contributed by atoms with Crippen LogP contribution in [0.3, 0.4) is 0 Å². The summed E-state index contributed by atoms with van der Waals surface area (Å²) in [5.74, 6) is -1.16. The van der Waals surface area contributed by atoms with Crippen LogP contribution in [0.25, 0.3) is 0 Å². The molecule has 0 heterocycles. The molecular formula is C21H37FNO9P. The lowest BCUT2D eigenvalue weighted by atomic mass is 10.1. The molecule has 1 unspecified atom stereocenters. The van der Waals surface area contributed by atoms with Gasteiger partial charge in [-0.1, -0.05) is 0 Å². The molecule has 10 nitrogen and oxygen atoms in total. The third kappa shape index (κ3) is 7.13. The van der Waals surface area contributed by atoms with Crippen LogP contribution in [-0.4, -0.2) is 72.0 Å². The SMILES string of the molecule is CCOP(=O)(CC[C@]1(F)CC1(C(=O)OC)N(C(=O)OC(C)(C)C)C(=O)OC(C)(C)C)OCC. The van der Waals surface area contributed by atoms with Crippen LogP contribution in [0.5, 0.6) is 0 Å². The van der Waals surface area contributed by atoms with Crippen LogP contribution in [0.4, 0.5) is 14.0 Å². The number of amides is 2. The van der Waals surface area contributed by atoms with E-state index in [0.717, 1.165) is 7.11 Å². The van der Waals surface area contributed by atoms with Crippen LogP contribution < -0.4 is 0 Å². The van der Waals surface area contributed by atoms with Crippen molar-refractivity contribution in [3.8, 4) is 0 Å². The van der Waals surface area contributed by atoms with E-state index in [1.165, 1.54) is 0 Å². The number of carbonyl (C=O) groups excluding carboxylic acids is 3. The van der Waals surface area contributed by atoms with E-state index in [-0.39, 0.29) is 19.4 Å². The van der Waals surface area contributed by atoms with Gasteiger partial charge in [0.05, 0.1) is 26.5 Å². The highest BCUT2D eigenvalue weighted by atomic mass is 31.2. The van der Waals surface area contributed by atoms with Crippen LogP contribution in [-0.2, 0) is 32.6 Å². The predicted molar refractivity (Wildman–Crippen MR) is 118 cm³/mol. The molecular weight excluding hydrogens is 460 g/mol. The normalized spacial score (nSPS) is 23.0. The number of alkyl halides is 1. The van der Waals surface area contributed by atoms with Gasteiger partial charge in [0.1, 0.15) is 16.9 Å². The largest absolute Gasteiger partial charge is 0.467 e. The molecule has 0 radical (unpaired) electrons. The van der Waals surface area contributed by atoms with Gasteiger partial charge < -0.3 is 23.3 Å². The number of hydrogen-bond acceptors (Lipinski definition) is 9. The first kappa shape index (κ1) is 29.3. The molecule has 12 heteroatoms. The molecule has 0 spiro atoms. The van der Waals surface area contributed by atoms with E-state index in [2.05, 4.69) is 0 Å². The van der Waals surface area contributed by atoms with Gasteiger partial charge in [0.15, 0.2) is 5.54 Å². The summed E-state index contributed by atoms with van der Waals surface area (Å²) in [5.41, 5.74) is -6.92. The Bertz CT molecular complexity index is 754. The predicted octanol–water partition coefficient (Wildman–Crippen LogP) is 4.84. The van der Waals surface area contributed by atoms with Crippen LogP contribution in [0.2, 0.25) is 0 Å². The minimum atomic E-state index is -3.66. The first-order chi connectivity index (χ1) is 14.9. The van der Waals surface area contributed by atoms with Crippen LogP contribution >= 0.6 is 7.60 Å². The molecule has 0 aromatic heterocycles. The van der Waals surface area contributed by atoms with Crippen molar-refractivity contribution >= 4 is 25.8 Å². The van der Waals surface area contributed by atoms with Crippen molar-refractivity contribution < 1.29 is 46.6 Å². The molecule has 0 aromatic carbocycles. The topological polar surface area (TPSA) is 118 Å². The van der Waals surface area contributed by atoms with Crippen LogP contribution in [0, 0.1) is 0 Å². The second-order valence-electron chi connectivity index (χ2n) is 9.71. The summed E-state index contributed by atoms with van der Waals surface area (Å²) < 4.78 is 54.7. The number of ether oxygens (including phenoxy) is 3. The zero-order valence-electron chi connectivity index (χ0n) is 21.0. The average Bonchev–Trinajstić information content (AvgIpc) is 3.23.